The Morgan fingerprint density at radius 1 is 1.12 bits per heavy atom. The second-order valence-corrected chi connectivity index (χ2v) is 5.79. The molecule has 0 spiro atoms. The molecule has 2 fully saturated rings. The molecule has 1 aliphatic heterocycles. The third kappa shape index (κ3) is 3.21. The summed E-state index contributed by atoms with van der Waals surface area (Å²) in [6.07, 6.45) is 8.49. The minimum atomic E-state index is 0.795. The number of nitrogens with one attached hydrogen (secondary N) is 1. The molecule has 0 radical (unpaired) electrons. The van der Waals surface area contributed by atoms with Gasteiger partial charge in [-0.25, -0.2) is 0 Å². The monoisotopic (exact) mass is 224 g/mol. The van der Waals surface area contributed by atoms with Crippen molar-refractivity contribution in [2.75, 3.05) is 19.6 Å². The molecule has 2 nitrogen and oxygen atoms in total. The zero-order valence-electron chi connectivity index (χ0n) is 11.0. The Labute approximate surface area is 101 Å². The van der Waals surface area contributed by atoms with Crippen LogP contribution in [0.3, 0.4) is 0 Å². The fourth-order valence-electron chi connectivity index (χ4n) is 3.36. The molecule has 2 rings (SSSR count). The molecule has 1 saturated heterocycles. The Bertz CT molecular complexity index is 195. The zero-order valence-corrected chi connectivity index (χ0v) is 11.0. The molecule has 1 aliphatic carbocycles. The van der Waals surface area contributed by atoms with Crippen LogP contribution in [0.4, 0.5) is 0 Å². The maximum atomic E-state index is 3.64. The number of hydrogen-bond acceptors (Lipinski definition) is 2. The van der Waals surface area contributed by atoms with Crippen molar-refractivity contribution < 1.29 is 0 Å². The standard InChI is InChI=1S/C14H28N2/c1-3-15-13-5-4-6-14(11-13)16-9-7-12(2)8-10-16/h12-15H,3-11H2,1-2H3. The van der Waals surface area contributed by atoms with Gasteiger partial charge < -0.3 is 10.2 Å². The van der Waals surface area contributed by atoms with E-state index in [0.29, 0.717) is 0 Å². The Morgan fingerprint density at radius 3 is 2.56 bits per heavy atom. The molecule has 0 aromatic heterocycles. The summed E-state index contributed by atoms with van der Waals surface area (Å²) in [5.41, 5.74) is 0. The quantitative estimate of drug-likeness (QED) is 0.793. The van der Waals surface area contributed by atoms with Crippen LogP contribution in [0.1, 0.15) is 52.4 Å². The average molecular weight is 224 g/mol. The summed E-state index contributed by atoms with van der Waals surface area (Å²) in [5, 5.41) is 3.64. The van der Waals surface area contributed by atoms with Gasteiger partial charge in [-0.15, -0.1) is 0 Å². The van der Waals surface area contributed by atoms with Crippen LogP contribution in [0, 0.1) is 5.92 Å². The zero-order chi connectivity index (χ0) is 11.4. The van der Waals surface area contributed by atoms with Gasteiger partial charge >= 0.3 is 0 Å². The van der Waals surface area contributed by atoms with Crippen LogP contribution in [0.5, 0.6) is 0 Å². The number of nitrogens with zero attached hydrogens (tertiary/aromatic N) is 1. The average Bonchev–Trinajstić information content (AvgIpc) is 2.31. The van der Waals surface area contributed by atoms with E-state index in [1.54, 1.807) is 0 Å². The molecule has 94 valence electrons. The first-order valence-electron chi connectivity index (χ1n) is 7.27. The molecule has 2 heteroatoms. The van der Waals surface area contributed by atoms with E-state index in [9.17, 15) is 0 Å². The molecule has 0 amide bonds. The van der Waals surface area contributed by atoms with Gasteiger partial charge in [0.25, 0.3) is 0 Å². The highest BCUT2D eigenvalue weighted by Crippen LogP contribution is 2.27. The summed E-state index contributed by atoms with van der Waals surface area (Å²) < 4.78 is 0. The molecule has 1 heterocycles. The molecule has 0 aromatic carbocycles. The van der Waals surface area contributed by atoms with E-state index in [1.807, 2.05) is 0 Å². The van der Waals surface area contributed by atoms with E-state index in [0.717, 1.165) is 24.5 Å². The summed E-state index contributed by atoms with van der Waals surface area (Å²) in [5.74, 6) is 0.962. The van der Waals surface area contributed by atoms with Gasteiger partial charge in [-0.2, -0.15) is 0 Å². The molecule has 0 bridgehead atoms. The molecule has 1 N–H and O–H groups in total. The summed E-state index contributed by atoms with van der Waals surface area (Å²) in [6.45, 7) is 8.47. The highest BCUT2D eigenvalue weighted by molar-refractivity contribution is 4.85. The Hall–Kier alpha value is -0.0800. The number of likely N-dealkylation sites (tertiary alicyclic amines) is 1. The van der Waals surface area contributed by atoms with E-state index >= 15 is 0 Å². The molecule has 0 aromatic rings. The van der Waals surface area contributed by atoms with Crippen molar-refractivity contribution in [3.8, 4) is 0 Å². The number of piperidine rings is 1. The van der Waals surface area contributed by atoms with Crippen LogP contribution < -0.4 is 5.32 Å². The van der Waals surface area contributed by atoms with Gasteiger partial charge in [0.15, 0.2) is 0 Å². The van der Waals surface area contributed by atoms with Crippen LogP contribution >= 0.6 is 0 Å². The molecule has 16 heavy (non-hydrogen) atoms. The maximum Gasteiger partial charge on any atom is 0.0110 e. The molecular weight excluding hydrogens is 196 g/mol. The predicted octanol–water partition coefficient (Wildman–Crippen LogP) is 2.64. The Kier molecular flexibility index (Phi) is 4.66. The Morgan fingerprint density at radius 2 is 1.88 bits per heavy atom. The first-order valence-corrected chi connectivity index (χ1v) is 7.27. The highest BCUT2D eigenvalue weighted by Gasteiger charge is 2.28. The minimum Gasteiger partial charge on any atom is -0.314 e. The number of hydrogen-bond donors (Lipinski definition) is 1. The van der Waals surface area contributed by atoms with Gasteiger partial charge in [0, 0.05) is 12.1 Å². The molecule has 2 aliphatic rings. The van der Waals surface area contributed by atoms with E-state index in [-0.39, 0.29) is 0 Å². The SMILES string of the molecule is CCNC1CCCC(N2CCC(C)CC2)C1. The second kappa shape index (κ2) is 6.02. The summed E-state index contributed by atoms with van der Waals surface area (Å²) in [4.78, 5) is 2.77. The van der Waals surface area contributed by atoms with Gasteiger partial charge in [0.2, 0.25) is 0 Å². The first kappa shape index (κ1) is 12.4. The van der Waals surface area contributed by atoms with Crippen molar-refractivity contribution in [2.24, 2.45) is 5.92 Å². The Balaban J connectivity index is 1.80. The maximum absolute atomic E-state index is 3.64. The van der Waals surface area contributed by atoms with E-state index < -0.39 is 0 Å². The third-order valence-corrected chi connectivity index (χ3v) is 4.47. The van der Waals surface area contributed by atoms with Gasteiger partial charge in [0.05, 0.1) is 0 Å². The normalized spacial score (nSPS) is 34.1. The van der Waals surface area contributed by atoms with Crippen molar-refractivity contribution >= 4 is 0 Å². The van der Waals surface area contributed by atoms with Crippen LogP contribution in [-0.2, 0) is 0 Å². The summed E-state index contributed by atoms with van der Waals surface area (Å²) in [6, 6.07) is 1.67. The van der Waals surface area contributed by atoms with Crippen LogP contribution in [0.25, 0.3) is 0 Å². The lowest BCUT2D eigenvalue weighted by molar-refractivity contribution is 0.100. The van der Waals surface area contributed by atoms with Crippen LogP contribution in [-0.4, -0.2) is 36.6 Å². The van der Waals surface area contributed by atoms with Gasteiger partial charge in [-0.05, 0) is 57.7 Å². The fourth-order valence-corrected chi connectivity index (χ4v) is 3.36. The van der Waals surface area contributed by atoms with E-state index in [4.69, 9.17) is 0 Å². The third-order valence-electron chi connectivity index (χ3n) is 4.47. The number of rotatable bonds is 3. The van der Waals surface area contributed by atoms with Gasteiger partial charge in [-0.1, -0.05) is 20.3 Å². The smallest absolute Gasteiger partial charge is 0.0110 e. The summed E-state index contributed by atoms with van der Waals surface area (Å²) in [7, 11) is 0. The topological polar surface area (TPSA) is 15.3 Å². The van der Waals surface area contributed by atoms with Crippen molar-refractivity contribution in [1.29, 1.82) is 0 Å². The van der Waals surface area contributed by atoms with Crippen LogP contribution in [0.2, 0.25) is 0 Å². The van der Waals surface area contributed by atoms with Crippen molar-refractivity contribution in [2.45, 2.75) is 64.5 Å². The molecule has 1 saturated carbocycles. The lowest BCUT2D eigenvalue weighted by Crippen LogP contribution is -2.47. The second-order valence-electron chi connectivity index (χ2n) is 5.79. The predicted molar refractivity (Wildman–Crippen MR) is 69.7 cm³/mol. The minimum absolute atomic E-state index is 0.795. The first-order chi connectivity index (χ1) is 7.79. The lowest BCUT2D eigenvalue weighted by Gasteiger charge is -2.41. The van der Waals surface area contributed by atoms with E-state index in [1.165, 1.54) is 51.6 Å². The van der Waals surface area contributed by atoms with Crippen molar-refractivity contribution in [3.05, 3.63) is 0 Å². The lowest BCUT2D eigenvalue weighted by atomic mass is 9.88. The van der Waals surface area contributed by atoms with Crippen molar-refractivity contribution in [1.82, 2.24) is 10.2 Å². The van der Waals surface area contributed by atoms with E-state index in [2.05, 4.69) is 24.1 Å². The largest absolute Gasteiger partial charge is 0.314 e. The van der Waals surface area contributed by atoms with Crippen molar-refractivity contribution in [3.63, 3.8) is 0 Å². The fraction of sp³-hybridized carbons (Fsp3) is 1.00. The van der Waals surface area contributed by atoms with Gasteiger partial charge in [0.1, 0.15) is 0 Å². The highest BCUT2D eigenvalue weighted by atomic mass is 15.2. The van der Waals surface area contributed by atoms with Crippen LogP contribution in [0.15, 0.2) is 0 Å². The summed E-state index contributed by atoms with van der Waals surface area (Å²) >= 11 is 0. The molecular formula is C14H28N2. The molecule has 2 unspecified atom stereocenters. The van der Waals surface area contributed by atoms with Gasteiger partial charge in [-0.3, -0.25) is 0 Å². The molecule has 2 atom stereocenters.